The SMILES string of the molecule is CCC1(c2ccc3ccccc3c2)CCN(Cc2ccccc2)CC1.OCCC1(c2ccc3ccccc3c2)CCN(Cc2ccccc2)CC1. The lowest BCUT2D eigenvalue weighted by Crippen LogP contribution is -2.42. The molecule has 0 aromatic heterocycles. The first kappa shape index (κ1) is 35.1. The fourth-order valence-electron chi connectivity index (χ4n) is 8.74. The molecule has 0 spiro atoms. The largest absolute Gasteiger partial charge is 0.396 e. The van der Waals surface area contributed by atoms with Gasteiger partial charge in [0.1, 0.15) is 0 Å². The van der Waals surface area contributed by atoms with Gasteiger partial charge in [-0.05, 0) is 119 Å². The molecule has 3 nitrogen and oxygen atoms in total. The Morgan fingerprint density at radius 1 is 0.471 bits per heavy atom. The Morgan fingerprint density at radius 2 is 0.863 bits per heavy atom. The van der Waals surface area contributed by atoms with Gasteiger partial charge in [0.2, 0.25) is 0 Å². The van der Waals surface area contributed by atoms with Crippen LogP contribution in [0.3, 0.4) is 0 Å². The van der Waals surface area contributed by atoms with E-state index in [9.17, 15) is 5.11 Å². The maximum atomic E-state index is 9.75. The van der Waals surface area contributed by atoms with Gasteiger partial charge in [-0.25, -0.2) is 0 Å². The van der Waals surface area contributed by atoms with Crippen LogP contribution in [0.2, 0.25) is 0 Å². The minimum atomic E-state index is 0.103. The Balaban J connectivity index is 0.000000159. The van der Waals surface area contributed by atoms with E-state index in [1.54, 1.807) is 0 Å². The second-order valence-corrected chi connectivity index (χ2v) is 15.0. The maximum Gasteiger partial charge on any atom is 0.0439 e. The lowest BCUT2D eigenvalue weighted by Gasteiger charge is -2.42. The van der Waals surface area contributed by atoms with E-state index in [1.165, 1.54) is 76.2 Å². The minimum Gasteiger partial charge on any atom is -0.396 e. The average molecular weight is 675 g/mol. The fourth-order valence-corrected chi connectivity index (χ4v) is 8.74. The summed E-state index contributed by atoms with van der Waals surface area (Å²) in [6.45, 7) is 9.27. The van der Waals surface area contributed by atoms with E-state index < -0.39 is 0 Å². The first-order valence-electron chi connectivity index (χ1n) is 19.2. The van der Waals surface area contributed by atoms with Crippen LogP contribution in [0.5, 0.6) is 0 Å². The topological polar surface area (TPSA) is 26.7 Å². The molecule has 0 unspecified atom stereocenters. The Kier molecular flexibility index (Phi) is 11.3. The highest BCUT2D eigenvalue weighted by Gasteiger charge is 2.36. The molecule has 6 aromatic rings. The molecule has 2 saturated heterocycles. The van der Waals surface area contributed by atoms with Gasteiger partial charge >= 0.3 is 0 Å². The lowest BCUT2D eigenvalue weighted by molar-refractivity contribution is 0.126. The summed E-state index contributed by atoms with van der Waals surface area (Å²) in [6, 6.07) is 52.8. The highest BCUT2D eigenvalue weighted by atomic mass is 16.3. The number of aliphatic hydroxyl groups excluding tert-OH is 1. The van der Waals surface area contributed by atoms with Crippen LogP contribution in [0.25, 0.3) is 21.5 Å². The summed E-state index contributed by atoms with van der Waals surface area (Å²) in [5.41, 5.74) is 6.19. The van der Waals surface area contributed by atoms with Crippen molar-refractivity contribution >= 4 is 21.5 Å². The van der Waals surface area contributed by atoms with Crippen LogP contribution in [0.1, 0.15) is 67.7 Å². The summed E-state index contributed by atoms with van der Waals surface area (Å²) in [5, 5.41) is 15.1. The quantitative estimate of drug-likeness (QED) is 0.165. The zero-order chi connectivity index (χ0) is 34.9. The van der Waals surface area contributed by atoms with Crippen molar-refractivity contribution in [2.75, 3.05) is 32.8 Å². The van der Waals surface area contributed by atoms with Gasteiger partial charge in [0.25, 0.3) is 0 Å². The van der Waals surface area contributed by atoms with Gasteiger partial charge in [-0.3, -0.25) is 9.80 Å². The van der Waals surface area contributed by atoms with Gasteiger partial charge in [0.05, 0.1) is 0 Å². The third-order valence-corrected chi connectivity index (χ3v) is 12.1. The molecule has 0 atom stereocenters. The molecule has 262 valence electrons. The van der Waals surface area contributed by atoms with Crippen molar-refractivity contribution < 1.29 is 5.11 Å². The summed E-state index contributed by atoms with van der Waals surface area (Å²) < 4.78 is 0. The number of nitrogens with zero attached hydrogens (tertiary/aromatic N) is 2. The summed E-state index contributed by atoms with van der Waals surface area (Å²) in [6.07, 6.45) is 6.82. The van der Waals surface area contributed by atoms with Crippen molar-refractivity contribution in [1.29, 1.82) is 0 Å². The third kappa shape index (κ3) is 8.28. The standard InChI is InChI=1S/C24H27NO.C24H27N/c26-17-14-24(23-11-10-21-8-4-5-9-22(21)18-23)12-15-25(16-13-24)19-20-6-2-1-3-7-20;1-2-24(23-13-12-21-10-6-7-11-22(21)18-23)14-16-25(17-15-24)19-20-8-4-3-5-9-20/h1-11,18,26H,12-17,19H2;3-13,18H,2,14-17,19H2,1H3. The van der Waals surface area contributed by atoms with E-state index in [1.807, 2.05) is 0 Å². The van der Waals surface area contributed by atoms with Crippen LogP contribution in [-0.2, 0) is 23.9 Å². The molecule has 0 aliphatic carbocycles. The zero-order valence-electron chi connectivity index (χ0n) is 30.4. The molecule has 51 heavy (non-hydrogen) atoms. The van der Waals surface area contributed by atoms with Crippen LogP contribution in [0.4, 0.5) is 0 Å². The molecule has 0 bridgehead atoms. The van der Waals surface area contributed by atoms with Crippen molar-refractivity contribution in [3.05, 3.63) is 168 Å². The van der Waals surface area contributed by atoms with Gasteiger partial charge in [-0.2, -0.15) is 0 Å². The van der Waals surface area contributed by atoms with Crippen molar-refractivity contribution in [1.82, 2.24) is 9.80 Å². The molecule has 2 fully saturated rings. The van der Waals surface area contributed by atoms with E-state index in [0.717, 1.165) is 45.4 Å². The molecule has 2 aliphatic rings. The highest BCUT2D eigenvalue weighted by molar-refractivity contribution is 5.84. The summed E-state index contributed by atoms with van der Waals surface area (Å²) in [4.78, 5) is 5.16. The number of hydrogen-bond donors (Lipinski definition) is 1. The third-order valence-electron chi connectivity index (χ3n) is 12.1. The van der Waals surface area contributed by atoms with E-state index >= 15 is 0 Å². The van der Waals surface area contributed by atoms with Crippen LogP contribution in [0.15, 0.2) is 146 Å². The zero-order valence-corrected chi connectivity index (χ0v) is 30.4. The van der Waals surface area contributed by atoms with Crippen LogP contribution in [0, 0.1) is 0 Å². The molecule has 0 saturated carbocycles. The molecule has 1 N–H and O–H groups in total. The molecule has 0 amide bonds. The van der Waals surface area contributed by atoms with Gasteiger partial charge in [0.15, 0.2) is 0 Å². The number of fused-ring (bicyclic) bond motifs is 2. The summed E-state index contributed by atoms with van der Waals surface area (Å²) in [5.74, 6) is 0. The van der Waals surface area contributed by atoms with Gasteiger partial charge < -0.3 is 5.11 Å². The minimum absolute atomic E-state index is 0.103. The molecule has 6 aromatic carbocycles. The Labute approximate surface area is 305 Å². The molecule has 2 heterocycles. The van der Waals surface area contributed by atoms with E-state index in [2.05, 4.69) is 162 Å². The van der Waals surface area contributed by atoms with Crippen LogP contribution >= 0.6 is 0 Å². The molecular formula is C48H54N2O. The number of piperidine rings is 2. The fraction of sp³-hybridized carbons (Fsp3) is 0.333. The van der Waals surface area contributed by atoms with Crippen molar-refractivity contribution in [2.45, 2.75) is 69.4 Å². The van der Waals surface area contributed by atoms with Crippen LogP contribution < -0.4 is 0 Å². The smallest absolute Gasteiger partial charge is 0.0439 e. The van der Waals surface area contributed by atoms with E-state index in [4.69, 9.17) is 0 Å². The van der Waals surface area contributed by atoms with Gasteiger partial charge in [-0.15, -0.1) is 0 Å². The first-order valence-corrected chi connectivity index (χ1v) is 19.2. The predicted molar refractivity (Wildman–Crippen MR) is 215 cm³/mol. The average Bonchev–Trinajstić information content (AvgIpc) is 3.20. The van der Waals surface area contributed by atoms with Crippen LogP contribution in [-0.4, -0.2) is 47.7 Å². The summed E-state index contributed by atoms with van der Waals surface area (Å²) >= 11 is 0. The second kappa shape index (κ2) is 16.4. The Bertz CT molecular complexity index is 1970. The second-order valence-electron chi connectivity index (χ2n) is 15.0. The van der Waals surface area contributed by atoms with Gasteiger partial charge in [-0.1, -0.05) is 153 Å². The lowest BCUT2D eigenvalue weighted by atomic mass is 9.70. The monoisotopic (exact) mass is 674 g/mol. The van der Waals surface area contributed by atoms with E-state index in [0.29, 0.717) is 5.41 Å². The maximum absolute atomic E-state index is 9.75. The van der Waals surface area contributed by atoms with Gasteiger partial charge in [0, 0.05) is 19.7 Å². The normalized spacial score (nSPS) is 17.5. The first-order chi connectivity index (χ1) is 25.1. The molecular weight excluding hydrogens is 621 g/mol. The van der Waals surface area contributed by atoms with Crippen molar-refractivity contribution in [3.63, 3.8) is 0 Å². The molecule has 0 radical (unpaired) electrons. The number of likely N-dealkylation sites (tertiary alicyclic amines) is 2. The number of aliphatic hydroxyl groups is 1. The Hall–Kier alpha value is -4.28. The number of rotatable bonds is 9. The highest BCUT2D eigenvalue weighted by Crippen LogP contribution is 2.41. The van der Waals surface area contributed by atoms with Crippen molar-refractivity contribution in [2.24, 2.45) is 0 Å². The molecule has 3 heteroatoms. The number of hydrogen-bond acceptors (Lipinski definition) is 3. The Morgan fingerprint density at radius 3 is 1.29 bits per heavy atom. The number of benzene rings is 6. The molecule has 8 rings (SSSR count). The summed E-state index contributed by atoms with van der Waals surface area (Å²) in [7, 11) is 0. The molecule has 2 aliphatic heterocycles. The van der Waals surface area contributed by atoms with Crippen molar-refractivity contribution in [3.8, 4) is 0 Å². The predicted octanol–water partition coefficient (Wildman–Crippen LogP) is 10.5. The van der Waals surface area contributed by atoms with E-state index in [-0.39, 0.29) is 12.0 Å².